The van der Waals surface area contributed by atoms with E-state index in [9.17, 15) is 4.79 Å². The Morgan fingerprint density at radius 1 is 1.38 bits per heavy atom. The van der Waals surface area contributed by atoms with Gasteiger partial charge in [-0.1, -0.05) is 0 Å². The van der Waals surface area contributed by atoms with Gasteiger partial charge in [0.2, 0.25) is 5.91 Å². The summed E-state index contributed by atoms with van der Waals surface area (Å²) in [6.07, 6.45) is 3.05. The standard InChI is InChI=1S/C9H19N3O/c10-4-3-9(13)11-5-8-12-6-1-2-7-12/h1-8,10H2,(H,11,13). The van der Waals surface area contributed by atoms with E-state index < -0.39 is 0 Å². The van der Waals surface area contributed by atoms with Crippen molar-refractivity contribution in [2.45, 2.75) is 19.3 Å². The molecule has 1 aliphatic rings. The fourth-order valence-corrected chi connectivity index (χ4v) is 1.58. The van der Waals surface area contributed by atoms with Crippen molar-refractivity contribution in [2.24, 2.45) is 5.73 Å². The number of rotatable bonds is 5. The molecule has 0 aliphatic carbocycles. The Morgan fingerprint density at radius 3 is 2.69 bits per heavy atom. The van der Waals surface area contributed by atoms with Crippen molar-refractivity contribution >= 4 is 5.91 Å². The van der Waals surface area contributed by atoms with Crippen LogP contribution in [-0.2, 0) is 4.79 Å². The number of nitrogens with one attached hydrogen (secondary N) is 1. The molecular weight excluding hydrogens is 166 g/mol. The average Bonchev–Trinajstić information content (AvgIpc) is 2.57. The van der Waals surface area contributed by atoms with Crippen molar-refractivity contribution < 1.29 is 4.79 Å². The Morgan fingerprint density at radius 2 is 2.08 bits per heavy atom. The maximum atomic E-state index is 11.0. The van der Waals surface area contributed by atoms with Gasteiger partial charge in [0.25, 0.3) is 0 Å². The summed E-state index contributed by atoms with van der Waals surface area (Å²) >= 11 is 0. The van der Waals surface area contributed by atoms with Gasteiger partial charge in [-0.25, -0.2) is 0 Å². The van der Waals surface area contributed by atoms with E-state index in [2.05, 4.69) is 10.2 Å². The van der Waals surface area contributed by atoms with Crippen LogP contribution in [0.4, 0.5) is 0 Å². The molecule has 1 fully saturated rings. The molecule has 4 nitrogen and oxygen atoms in total. The SMILES string of the molecule is NCCC(=O)NCCN1CCCC1. The van der Waals surface area contributed by atoms with Gasteiger partial charge >= 0.3 is 0 Å². The molecule has 4 heteroatoms. The number of hydrogen-bond acceptors (Lipinski definition) is 3. The number of hydrogen-bond donors (Lipinski definition) is 2. The van der Waals surface area contributed by atoms with Crippen LogP contribution in [-0.4, -0.2) is 43.5 Å². The molecule has 0 unspecified atom stereocenters. The molecule has 1 saturated heterocycles. The van der Waals surface area contributed by atoms with Crippen LogP contribution in [0.5, 0.6) is 0 Å². The van der Waals surface area contributed by atoms with Crippen LogP contribution in [0.2, 0.25) is 0 Å². The van der Waals surface area contributed by atoms with Gasteiger partial charge in [-0.05, 0) is 25.9 Å². The molecule has 1 heterocycles. The Hall–Kier alpha value is -0.610. The highest BCUT2D eigenvalue weighted by molar-refractivity contribution is 5.75. The first-order valence-corrected chi connectivity index (χ1v) is 5.02. The van der Waals surface area contributed by atoms with Gasteiger partial charge in [-0.3, -0.25) is 4.79 Å². The van der Waals surface area contributed by atoms with E-state index in [-0.39, 0.29) is 5.91 Å². The van der Waals surface area contributed by atoms with Crippen molar-refractivity contribution in [1.29, 1.82) is 0 Å². The van der Waals surface area contributed by atoms with E-state index in [1.54, 1.807) is 0 Å². The Labute approximate surface area is 79.5 Å². The molecule has 3 N–H and O–H groups in total. The molecular formula is C9H19N3O. The summed E-state index contributed by atoms with van der Waals surface area (Å²) in [6, 6.07) is 0. The Balaban J connectivity index is 1.96. The van der Waals surface area contributed by atoms with E-state index in [0.717, 1.165) is 13.1 Å². The third-order valence-corrected chi connectivity index (χ3v) is 2.32. The summed E-state index contributed by atoms with van der Waals surface area (Å²) in [5.41, 5.74) is 5.25. The number of carbonyl (C=O) groups excluding carboxylic acids is 1. The molecule has 0 saturated carbocycles. The van der Waals surface area contributed by atoms with Crippen LogP contribution in [0.15, 0.2) is 0 Å². The van der Waals surface area contributed by atoms with E-state index in [1.807, 2.05) is 0 Å². The molecule has 0 bridgehead atoms. The van der Waals surface area contributed by atoms with Gasteiger partial charge < -0.3 is 16.0 Å². The van der Waals surface area contributed by atoms with Gasteiger partial charge in [-0.2, -0.15) is 0 Å². The quantitative estimate of drug-likeness (QED) is 0.610. The molecule has 76 valence electrons. The summed E-state index contributed by atoms with van der Waals surface area (Å²) in [5.74, 6) is 0.0710. The molecule has 0 atom stereocenters. The van der Waals surface area contributed by atoms with E-state index >= 15 is 0 Å². The van der Waals surface area contributed by atoms with Gasteiger partial charge in [0.1, 0.15) is 0 Å². The molecule has 0 aromatic heterocycles. The lowest BCUT2D eigenvalue weighted by molar-refractivity contribution is -0.120. The second-order valence-electron chi connectivity index (χ2n) is 3.44. The van der Waals surface area contributed by atoms with Crippen molar-refractivity contribution in [3.05, 3.63) is 0 Å². The molecule has 0 radical (unpaired) electrons. The van der Waals surface area contributed by atoms with Gasteiger partial charge in [-0.15, -0.1) is 0 Å². The molecule has 1 aliphatic heterocycles. The minimum absolute atomic E-state index is 0.0710. The van der Waals surface area contributed by atoms with E-state index in [4.69, 9.17) is 5.73 Å². The van der Waals surface area contributed by atoms with Crippen LogP contribution >= 0.6 is 0 Å². The maximum absolute atomic E-state index is 11.0. The number of amides is 1. The predicted molar refractivity (Wildman–Crippen MR) is 52.4 cm³/mol. The summed E-state index contributed by atoms with van der Waals surface area (Å²) in [4.78, 5) is 13.4. The Kier molecular flexibility index (Phi) is 4.78. The summed E-state index contributed by atoms with van der Waals surface area (Å²) in [7, 11) is 0. The van der Waals surface area contributed by atoms with Crippen LogP contribution in [0.25, 0.3) is 0 Å². The van der Waals surface area contributed by atoms with Crippen molar-refractivity contribution in [3.8, 4) is 0 Å². The minimum Gasteiger partial charge on any atom is -0.355 e. The zero-order valence-electron chi connectivity index (χ0n) is 8.09. The zero-order chi connectivity index (χ0) is 9.52. The largest absolute Gasteiger partial charge is 0.355 e. The number of carbonyl (C=O) groups is 1. The molecule has 13 heavy (non-hydrogen) atoms. The van der Waals surface area contributed by atoms with Crippen molar-refractivity contribution in [1.82, 2.24) is 10.2 Å². The first-order chi connectivity index (χ1) is 6.33. The summed E-state index contributed by atoms with van der Waals surface area (Å²) < 4.78 is 0. The number of nitrogens with zero attached hydrogens (tertiary/aromatic N) is 1. The minimum atomic E-state index is 0.0710. The normalized spacial score (nSPS) is 17.6. The first-order valence-electron chi connectivity index (χ1n) is 5.02. The lowest BCUT2D eigenvalue weighted by Gasteiger charge is -2.14. The third-order valence-electron chi connectivity index (χ3n) is 2.32. The van der Waals surface area contributed by atoms with Crippen LogP contribution in [0.1, 0.15) is 19.3 Å². The molecule has 0 spiro atoms. The highest BCUT2D eigenvalue weighted by atomic mass is 16.1. The van der Waals surface area contributed by atoms with Crippen LogP contribution in [0.3, 0.4) is 0 Å². The summed E-state index contributed by atoms with van der Waals surface area (Å²) in [6.45, 7) is 4.56. The zero-order valence-corrected chi connectivity index (χ0v) is 8.09. The Bertz CT molecular complexity index is 155. The topological polar surface area (TPSA) is 58.4 Å². The molecule has 1 rings (SSSR count). The highest BCUT2D eigenvalue weighted by Crippen LogP contribution is 2.05. The summed E-state index contributed by atoms with van der Waals surface area (Å²) in [5, 5.41) is 2.85. The second kappa shape index (κ2) is 5.94. The third kappa shape index (κ3) is 4.24. The fourth-order valence-electron chi connectivity index (χ4n) is 1.58. The molecule has 0 aromatic rings. The van der Waals surface area contributed by atoms with Gasteiger partial charge in [0.05, 0.1) is 0 Å². The lowest BCUT2D eigenvalue weighted by Crippen LogP contribution is -2.34. The average molecular weight is 185 g/mol. The smallest absolute Gasteiger partial charge is 0.221 e. The lowest BCUT2D eigenvalue weighted by atomic mass is 10.4. The van der Waals surface area contributed by atoms with Gasteiger partial charge in [0, 0.05) is 26.1 Å². The number of likely N-dealkylation sites (tertiary alicyclic amines) is 1. The first kappa shape index (κ1) is 10.5. The van der Waals surface area contributed by atoms with Crippen molar-refractivity contribution in [3.63, 3.8) is 0 Å². The van der Waals surface area contributed by atoms with E-state index in [1.165, 1.54) is 25.9 Å². The predicted octanol–water partition coefficient (Wildman–Crippen LogP) is -0.453. The van der Waals surface area contributed by atoms with Gasteiger partial charge in [0.15, 0.2) is 0 Å². The fraction of sp³-hybridized carbons (Fsp3) is 0.889. The van der Waals surface area contributed by atoms with Crippen LogP contribution in [0, 0.1) is 0 Å². The maximum Gasteiger partial charge on any atom is 0.221 e. The monoisotopic (exact) mass is 185 g/mol. The second-order valence-corrected chi connectivity index (χ2v) is 3.44. The van der Waals surface area contributed by atoms with E-state index in [0.29, 0.717) is 13.0 Å². The highest BCUT2D eigenvalue weighted by Gasteiger charge is 2.10. The van der Waals surface area contributed by atoms with Crippen molar-refractivity contribution in [2.75, 3.05) is 32.7 Å². The van der Waals surface area contributed by atoms with Crippen LogP contribution < -0.4 is 11.1 Å². The number of nitrogens with two attached hydrogens (primary N) is 1. The molecule has 0 aromatic carbocycles. The molecule has 1 amide bonds.